The molecule has 0 aromatic carbocycles. The number of ether oxygens (including phenoxy) is 1. The number of hydrogen-bond donors (Lipinski definition) is 2. The van der Waals surface area contributed by atoms with Gasteiger partial charge in [-0.05, 0) is 24.8 Å². The van der Waals surface area contributed by atoms with Gasteiger partial charge in [-0.15, -0.1) is 16.4 Å². The summed E-state index contributed by atoms with van der Waals surface area (Å²) in [5.74, 6) is -3.14. The number of aliphatic carboxylic acids is 1. The number of carbonyl (C=O) groups is 4. The Morgan fingerprint density at radius 1 is 1.31 bits per heavy atom. The van der Waals surface area contributed by atoms with Crippen molar-refractivity contribution in [2.24, 2.45) is 0 Å². The van der Waals surface area contributed by atoms with E-state index in [1.54, 1.807) is 19.4 Å². The van der Waals surface area contributed by atoms with Gasteiger partial charge < -0.3 is 20.0 Å². The molecule has 0 spiro atoms. The van der Waals surface area contributed by atoms with Crippen LogP contribution in [0.25, 0.3) is 5.57 Å². The molecule has 2 N–H and O–H groups in total. The number of nitrogens with zero attached hydrogens (tertiary/aromatic N) is 2. The second-order valence-electron chi connectivity index (χ2n) is 6.67. The number of thiazole rings is 1. The van der Waals surface area contributed by atoms with E-state index in [2.05, 4.69) is 10.3 Å². The van der Waals surface area contributed by atoms with Gasteiger partial charge in [-0.25, -0.2) is 14.6 Å². The molecule has 1 aliphatic heterocycles. The summed E-state index contributed by atoms with van der Waals surface area (Å²) < 4.78 is 5.60. The first-order valence-electron chi connectivity index (χ1n) is 9.12. The third-order valence-electron chi connectivity index (χ3n) is 4.76. The predicted octanol–water partition coefficient (Wildman–Crippen LogP) is 1.59. The molecule has 1 saturated heterocycles. The lowest BCUT2D eigenvalue weighted by Gasteiger charge is -2.18. The lowest BCUT2D eigenvalue weighted by atomic mass is 10.0. The van der Waals surface area contributed by atoms with Crippen LogP contribution in [-0.2, 0) is 28.8 Å². The average Bonchev–Trinajstić information content (AvgIpc) is 3.25. The van der Waals surface area contributed by atoms with Crippen molar-refractivity contribution in [2.45, 2.75) is 44.6 Å². The Morgan fingerprint density at radius 3 is 2.45 bits per heavy atom. The minimum Gasteiger partial charge on any atom is -0.479 e. The Kier molecular flexibility index (Phi) is 5.99. The summed E-state index contributed by atoms with van der Waals surface area (Å²) in [7, 11) is 1.68. The zero-order chi connectivity index (χ0) is 21.2. The largest absolute Gasteiger partial charge is 0.479 e. The van der Waals surface area contributed by atoms with Crippen molar-refractivity contribution in [3.8, 4) is 0 Å². The summed E-state index contributed by atoms with van der Waals surface area (Å²) in [4.78, 5) is 57.3. The van der Waals surface area contributed by atoms with Crippen LogP contribution in [-0.4, -0.2) is 58.2 Å². The summed E-state index contributed by atoms with van der Waals surface area (Å²) >= 11 is 1.26. The summed E-state index contributed by atoms with van der Waals surface area (Å²) in [6.45, 7) is 1.67. The number of carboxylic acid groups (broad SMARTS) is 1. The van der Waals surface area contributed by atoms with E-state index in [9.17, 15) is 24.3 Å². The van der Waals surface area contributed by atoms with Crippen LogP contribution in [0, 0.1) is 0 Å². The van der Waals surface area contributed by atoms with Gasteiger partial charge in [0.15, 0.2) is 10.7 Å². The van der Waals surface area contributed by atoms with E-state index < -0.39 is 29.4 Å². The SMILES string of the molecule is CCC(COC1(C(=O)O)CC1)=C(C(=O)ON1C(=O)CCC1=O)c1csc(NC)n1. The molecule has 1 aromatic heterocycles. The topological polar surface area (TPSA) is 135 Å². The molecule has 1 saturated carbocycles. The normalized spacial score (nSPS) is 18.5. The van der Waals surface area contributed by atoms with Crippen molar-refractivity contribution in [2.75, 3.05) is 19.0 Å². The summed E-state index contributed by atoms with van der Waals surface area (Å²) in [6.07, 6.45) is 1.12. The lowest BCUT2D eigenvalue weighted by Crippen LogP contribution is -2.33. The molecule has 2 heterocycles. The lowest BCUT2D eigenvalue weighted by molar-refractivity contribution is -0.193. The number of amides is 2. The molecule has 156 valence electrons. The van der Waals surface area contributed by atoms with Crippen LogP contribution in [0.15, 0.2) is 11.0 Å². The molecule has 29 heavy (non-hydrogen) atoms. The Labute approximate surface area is 170 Å². The van der Waals surface area contributed by atoms with E-state index in [-0.39, 0.29) is 25.0 Å². The van der Waals surface area contributed by atoms with E-state index in [1.807, 2.05) is 0 Å². The number of imide groups is 1. The molecular weight excluding hydrogens is 402 g/mol. The van der Waals surface area contributed by atoms with E-state index in [0.717, 1.165) is 0 Å². The number of hydrogen-bond acceptors (Lipinski definition) is 9. The molecule has 0 bridgehead atoms. The predicted molar refractivity (Wildman–Crippen MR) is 102 cm³/mol. The molecule has 10 nitrogen and oxygen atoms in total. The van der Waals surface area contributed by atoms with Crippen LogP contribution in [0.3, 0.4) is 0 Å². The Balaban J connectivity index is 1.91. The van der Waals surface area contributed by atoms with Crippen molar-refractivity contribution in [3.05, 3.63) is 16.6 Å². The number of rotatable bonds is 9. The molecule has 3 rings (SSSR count). The van der Waals surface area contributed by atoms with E-state index >= 15 is 0 Å². The van der Waals surface area contributed by atoms with E-state index in [1.165, 1.54) is 11.3 Å². The van der Waals surface area contributed by atoms with Crippen LogP contribution in [0.5, 0.6) is 0 Å². The van der Waals surface area contributed by atoms with Crippen LogP contribution in [0.4, 0.5) is 5.13 Å². The van der Waals surface area contributed by atoms with Gasteiger partial charge in [0.2, 0.25) is 0 Å². The van der Waals surface area contributed by atoms with Gasteiger partial charge >= 0.3 is 11.9 Å². The molecular formula is C18H21N3O7S. The third kappa shape index (κ3) is 4.30. The fraction of sp³-hybridized carbons (Fsp3) is 0.500. The fourth-order valence-electron chi connectivity index (χ4n) is 2.83. The van der Waals surface area contributed by atoms with Crippen molar-refractivity contribution in [1.29, 1.82) is 0 Å². The van der Waals surface area contributed by atoms with Crippen molar-refractivity contribution < 1.29 is 33.9 Å². The van der Waals surface area contributed by atoms with Gasteiger partial charge in [0, 0.05) is 25.3 Å². The van der Waals surface area contributed by atoms with Gasteiger partial charge in [0.1, 0.15) is 0 Å². The molecule has 0 unspecified atom stereocenters. The highest BCUT2D eigenvalue weighted by molar-refractivity contribution is 7.13. The number of aromatic nitrogens is 1. The van der Waals surface area contributed by atoms with Crippen molar-refractivity contribution >= 4 is 45.8 Å². The second-order valence-corrected chi connectivity index (χ2v) is 7.53. The summed E-state index contributed by atoms with van der Waals surface area (Å²) in [5, 5.41) is 14.8. The maximum Gasteiger partial charge on any atom is 0.366 e. The molecule has 1 aliphatic carbocycles. The molecule has 11 heteroatoms. The average molecular weight is 423 g/mol. The zero-order valence-corrected chi connectivity index (χ0v) is 16.8. The monoisotopic (exact) mass is 423 g/mol. The number of carboxylic acids is 1. The Morgan fingerprint density at radius 2 is 1.97 bits per heavy atom. The first-order chi connectivity index (χ1) is 13.8. The van der Waals surface area contributed by atoms with Gasteiger partial charge in [-0.3, -0.25) is 9.59 Å². The van der Waals surface area contributed by atoms with Crippen molar-refractivity contribution in [3.63, 3.8) is 0 Å². The summed E-state index contributed by atoms with van der Waals surface area (Å²) in [6, 6.07) is 0. The molecule has 0 atom stereocenters. The first-order valence-corrected chi connectivity index (χ1v) is 10.0. The number of hydroxylamine groups is 2. The third-order valence-corrected chi connectivity index (χ3v) is 5.61. The summed E-state index contributed by atoms with van der Waals surface area (Å²) in [5.41, 5.74) is -0.410. The van der Waals surface area contributed by atoms with Crippen LogP contribution < -0.4 is 5.32 Å². The maximum atomic E-state index is 12.9. The van der Waals surface area contributed by atoms with Crippen molar-refractivity contribution in [1.82, 2.24) is 10.0 Å². The van der Waals surface area contributed by atoms with E-state index in [0.29, 0.717) is 40.7 Å². The molecule has 1 aromatic rings. The van der Waals surface area contributed by atoms with Gasteiger partial charge in [-0.1, -0.05) is 6.92 Å². The number of carbonyl (C=O) groups excluding carboxylic acids is 3. The van der Waals surface area contributed by atoms with Gasteiger partial charge in [0.25, 0.3) is 11.8 Å². The number of nitrogens with one attached hydrogen (secondary N) is 1. The fourth-order valence-corrected chi connectivity index (χ4v) is 3.49. The highest BCUT2D eigenvalue weighted by Crippen LogP contribution is 2.40. The smallest absolute Gasteiger partial charge is 0.366 e. The quantitative estimate of drug-likeness (QED) is 0.448. The molecule has 2 aliphatic rings. The Hall–Kier alpha value is -2.79. The molecule has 0 radical (unpaired) electrons. The highest BCUT2D eigenvalue weighted by Gasteiger charge is 2.52. The number of anilines is 1. The minimum atomic E-state index is -1.23. The van der Waals surface area contributed by atoms with Crippen LogP contribution in [0.1, 0.15) is 44.7 Å². The van der Waals surface area contributed by atoms with E-state index in [4.69, 9.17) is 9.57 Å². The highest BCUT2D eigenvalue weighted by atomic mass is 32.1. The van der Waals surface area contributed by atoms with Gasteiger partial charge in [0.05, 0.1) is 17.9 Å². The first kappa shape index (κ1) is 20.9. The molecule has 2 amide bonds. The standard InChI is InChI=1S/C18H21N3O7S/c1-3-10(8-27-18(6-7-18)16(25)26)14(11-9-29-17(19-2)20-11)15(24)28-21-12(22)4-5-13(21)23/h9H,3-8H2,1-2H3,(H,19,20)(H,25,26). The van der Waals surface area contributed by atoms with Gasteiger partial charge in [-0.2, -0.15) is 0 Å². The second kappa shape index (κ2) is 8.29. The van der Waals surface area contributed by atoms with Crippen LogP contribution >= 0.6 is 11.3 Å². The van der Waals surface area contributed by atoms with Crippen LogP contribution in [0.2, 0.25) is 0 Å². The maximum absolute atomic E-state index is 12.9. The Bertz CT molecular complexity index is 872. The minimum absolute atomic E-state index is 0.0172. The molecule has 2 fully saturated rings. The zero-order valence-electron chi connectivity index (χ0n) is 16.0.